The number of hydrogen-bond donors (Lipinski definition) is 0. The Kier molecular flexibility index (Phi) is 9.59. The van der Waals surface area contributed by atoms with E-state index in [1.165, 1.54) is 0 Å². The highest BCUT2D eigenvalue weighted by atomic mass is 16.5. The van der Waals surface area contributed by atoms with Crippen LogP contribution in [0, 0.1) is 0 Å². The lowest BCUT2D eigenvalue weighted by Crippen LogP contribution is -2.08. The molecule has 0 saturated carbocycles. The maximum Gasteiger partial charge on any atom is 0.343 e. The molecule has 0 N–H and O–H groups in total. The summed E-state index contributed by atoms with van der Waals surface area (Å²) < 4.78 is 20.8. The van der Waals surface area contributed by atoms with Gasteiger partial charge in [0, 0.05) is 6.08 Å². The Hall–Kier alpha value is -4.65. The summed E-state index contributed by atoms with van der Waals surface area (Å²) in [6.45, 7) is 7.49. The number of esters is 3. The van der Waals surface area contributed by atoms with Crippen molar-refractivity contribution in [3.05, 3.63) is 109 Å². The molecular weight excluding hydrogens is 460 g/mol. The van der Waals surface area contributed by atoms with Gasteiger partial charge in [-0.2, -0.15) is 0 Å². The number of hydrogen-bond acceptors (Lipinski definition) is 7. The van der Waals surface area contributed by atoms with Gasteiger partial charge in [0.25, 0.3) is 0 Å². The molecule has 0 bridgehead atoms. The molecule has 3 aromatic rings. The zero-order valence-electron chi connectivity index (χ0n) is 19.7. The van der Waals surface area contributed by atoms with Gasteiger partial charge in [-0.1, -0.05) is 37.4 Å². The van der Waals surface area contributed by atoms with Gasteiger partial charge in [0.2, 0.25) is 0 Å². The molecule has 0 aromatic heterocycles. The summed E-state index contributed by atoms with van der Waals surface area (Å²) in [5, 5.41) is 0. The normalized spacial score (nSPS) is 10.1. The topological polar surface area (TPSA) is 88.1 Å². The highest BCUT2D eigenvalue weighted by Crippen LogP contribution is 2.24. The first kappa shape index (κ1) is 26.0. The van der Waals surface area contributed by atoms with E-state index >= 15 is 0 Å². The van der Waals surface area contributed by atoms with Crippen LogP contribution in [0.1, 0.15) is 33.6 Å². The zero-order chi connectivity index (χ0) is 25.8. The highest BCUT2D eigenvalue weighted by molar-refractivity contribution is 5.91. The van der Waals surface area contributed by atoms with Crippen LogP contribution in [0.15, 0.2) is 98.3 Å². The van der Waals surface area contributed by atoms with Crippen LogP contribution in [0.3, 0.4) is 0 Å². The van der Waals surface area contributed by atoms with Crippen LogP contribution in [0.4, 0.5) is 0 Å². The van der Waals surface area contributed by atoms with Gasteiger partial charge in [0.15, 0.2) is 0 Å². The van der Waals surface area contributed by atoms with Crippen molar-refractivity contribution >= 4 is 17.9 Å². The number of rotatable bonds is 12. The van der Waals surface area contributed by atoms with E-state index in [1.54, 1.807) is 48.5 Å². The number of ether oxygens (including phenoxy) is 4. The molecule has 0 radical (unpaired) electrons. The van der Waals surface area contributed by atoms with Crippen LogP contribution in [-0.4, -0.2) is 31.1 Å². The first-order valence-electron chi connectivity index (χ1n) is 11.3. The Labute approximate surface area is 209 Å². The fourth-order valence-electron chi connectivity index (χ4n) is 3.14. The van der Waals surface area contributed by atoms with Crippen LogP contribution >= 0.6 is 0 Å². The molecule has 0 heterocycles. The average molecular weight is 487 g/mol. The monoisotopic (exact) mass is 486 g/mol. The van der Waals surface area contributed by atoms with Gasteiger partial charge in [-0.25, -0.2) is 14.4 Å². The lowest BCUT2D eigenvalue weighted by atomic mass is 10.0. The third-order valence-electron chi connectivity index (χ3n) is 5.02. The van der Waals surface area contributed by atoms with Crippen molar-refractivity contribution < 1.29 is 33.3 Å². The third kappa shape index (κ3) is 7.70. The molecular formula is C29H26O7. The Bertz CT molecular complexity index is 1190. The molecule has 184 valence electrons. The Morgan fingerprint density at radius 1 is 0.667 bits per heavy atom. The Morgan fingerprint density at radius 3 is 1.81 bits per heavy atom. The van der Waals surface area contributed by atoms with E-state index in [1.807, 2.05) is 24.3 Å². The van der Waals surface area contributed by atoms with Gasteiger partial charge >= 0.3 is 17.9 Å². The number of unbranched alkanes of at least 4 members (excludes halogenated alkanes) is 1. The molecule has 0 saturated heterocycles. The molecule has 0 atom stereocenters. The fraction of sp³-hybridized carbons (Fsp3) is 0.138. The fourth-order valence-corrected chi connectivity index (χ4v) is 3.14. The predicted molar refractivity (Wildman–Crippen MR) is 135 cm³/mol. The largest absolute Gasteiger partial charge is 0.494 e. The summed E-state index contributed by atoms with van der Waals surface area (Å²) in [6.07, 6.45) is 3.62. The Balaban J connectivity index is 1.47. The maximum atomic E-state index is 12.5. The van der Waals surface area contributed by atoms with Gasteiger partial charge in [0.05, 0.1) is 30.6 Å². The van der Waals surface area contributed by atoms with Crippen molar-refractivity contribution in [2.45, 2.75) is 12.8 Å². The third-order valence-corrected chi connectivity index (χ3v) is 5.02. The van der Waals surface area contributed by atoms with Crippen molar-refractivity contribution in [1.82, 2.24) is 0 Å². The number of carbonyl (C=O) groups is 3. The number of benzene rings is 3. The van der Waals surface area contributed by atoms with E-state index in [0.717, 1.165) is 29.9 Å². The molecule has 0 unspecified atom stereocenters. The van der Waals surface area contributed by atoms with Gasteiger partial charge < -0.3 is 18.9 Å². The molecule has 3 aromatic carbocycles. The minimum Gasteiger partial charge on any atom is -0.494 e. The molecule has 0 fully saturated rings. The summed E-state index contributed by atoms with van der Waals surface area (Å²) >= 11 is 0. The summed E-state index contributed by atoms with van der Waals surface area (Å²) in [5.41, 5.74) is 2.62. The summed E-state index contributed by atoms with van der Waals surface area (Å²) in [4.78, 5) is 35.2. The first-order chi connectivity index (χ1) is 17.5. The molecule has 7 nitrogen and oxygen atoms in total. The number of carbonyl (C=O) groups excluding carboxylic acids is 3. The predicted octanol–water partition coefficient (Wildman–Crippen LogP) is 5.76. The summed E-state index contributed by atoms with van der Waals surface area (Å²) in [6, 6.07) is 20.7. The van der Waals surface area contributed by atoms with Crippen LogP contribution in [0.5, 0.6) is 11.5 Å². The molecule has 0 spiro atoms. The van der Waals surface area contributed by atoms with E-state index in [9.17, 15) is 14.4 Å². The quantitative estimate of drug-likeness (QED) is 0.106. The SMILES string of the molecule is C=COC(=O)c1ccc(-c2ccc(OC(=O)c3ccc(OCCCCOC(=O)C=C)cc3)cc2)cc1. The zero-order valence-corrected chi connectivity index (χ0v) is 19.7. The highest BCUT2D eigenvalue weighted by Gasteiger charge is 2.10. The van der Waals surface area contributed by atoms with Crippen molar-refractivity contribution in [2.75, 3.05) is 13.2 Å². The van der Waals surface area contributed by atoms with Crippen molar-refractivity contribution in [3.8, 4) is 22.6 Å². The molecule has 36 heavy (non-hydrogen) atoms. The summed E-state index contributed by atoms with van der Waals surface area (Å²) in [7, 11) is 0. The smallest absolute Gasteiger partial charge is 0.343 e. The van der Waals surface area contributed by atoms with Gasteiger partial charge in [-0.05, 0) is 72.5 Å². The molecule has 7 heteroatoms. The van der Waals surface area contributed by atoms with E-state index in [4.69, 9.17) is 18.9 Å². The van der Waals surface area contributed by atoms with E-state index in [2.05, 4.69) is 13.2 Å². The standard InChI is InChI=1S/C29H26O7/c1-3-27(30)35-20-6-5-19-34-25-15-13-24(14-16-25)29(32)36-26-17-11-22(12-18-26)21-7-9-23(10-8-21)28(31)33-4-2/h3-4,7-18H,1-2,5-6,19-20H2. The van der Waals surface area contributed by atoms with Gasteiger partial charge in [0.1, 0.15) is 11.5 Å². The van der Waals surface area contributed by atoms with Crippen molar-refractivity contribution in [2.24, 2.45) is 0 Å². The maximum absolute atomic E-state index is 12.5. The molecule has 0 amide bonds. The average Bonchev–Trinajstić information content (AvgIpc) is 2.91. The van der Waals surface area contributed by atoms with E-state index in [-0.39, 0.29) is 0 Å². The van der Waals surface area contributed by atoms with Crippen molar-refractivity contribution in [1.29, 1.82) is 0 Å². The van der Waals surface area contributed by atoms with E-state index < -0.39 is 17.9 Å². The molecule has 3 rings (SSSR count). The second-order valence-corrected chi connectivity index (χ2v) is 7.51. The second kappa shape index (κ2) is 13.3. The molecule has 0 aliphatic heterocycles. The van der Waals surface area contributed by atoms with Crippen LogP contribution in [0.25, 0.3) is 11.1 Å². The van der Waals surface area contributed by atoms with Crippen LogP contribution < -0.4 is 9.47 Å². The first-order valence-corrected chi connectivity index (χ1v) is 11.3. The minimum atomic E-state index is -0.483. The van der Waals surface area contributed by atoms with Crippen LogP contribution in [-0.2, 0) is 14.3 Å². The van der Waals surface area contributed by atoms with Gasteiger partial charge in [-0.15, -0.1) is 0 Å². The van der Waals surface area contributed by atoms with Crippen molar-refractivity contribution in [3.63, 3.8) is 0 Å². The molecule has 0 aliphatic rings. The van der Waals surface area contributed by atoms with Crippen LogP contribution in [0.2, 0.25) is 0 Å². The summed E-state index contributed by atoms with van der Waals surface area (Å²) in [5.74, 6) is -0.352. The lowest BCUT2D eigenvalue weighted by Gasteiger charge is -2.08. The second-order valence-electron chi connectivity index (χ2n) is 7.51. The van der Waals surface area contributed by atoms with E-state index in [0.29, 0.717) is 42.3 Å². The molecule has 0 aliphatic carbocycles. The lowest BCUT2D eigenvalue weighted by molar-refractivity contribution is -0.137. The minimum absolute atomic E-state index is 0.318. The van der Waals surface area contributed by atoms with Gasteiger partial charge in [-0.3, -0.25) is 0 Å². The Morgan fingerprint density at radius 2 is 1.19 bits per heavy atom.